The first-order chi connectivity index (χ1) is 15.9. The third kappa shape index (κ3) is 3.12. The van der Waals surface area contributed by atoms with E-state index in [1.165, 1.54) is 6.08 Å². The molecular weight excluding hydrogens is 449 g/mol. The second-order valence-corrected chi connectivity index (χ2v) is 11.0. The van der Waals surface area contributed by atoms with Gasteiger partial charge in [0.15, 0.2) is 18.1 Å². The summed E-state index contributed by atoms with van der Waals surface area (Å²) in [6, 6.07) is 0. The van der Waals surface area contributed by atoms with E-state index in [0.717, 1.165) is 6.08 Å². The highest BCUT2D eigenvalue weighted by Gasteiger charge is 2.73. The molecule has 0 spiro atoms. The third-order valence-electron chi connectivity index (χ3n) is 9.36. The van der Waals surface area contributed by atoms with Gasteiger partial charge in [-0.25, -0.2) is 13.2 Å². The Bertz CT molecular complexity index is 975. The minimum atomic E-state index is -1.77. The Morgan fingerprint density at radius 3 is 2.56 bits per heavy atom. The maximum atomic E-state index is 15.5. The Morgan fingerprint density at radius 2 is 1.94 bits per heavy atom. The van der Waals surface area contributed by atoms with Gasteiger partial charge in [0.2, 0.25) is 11.6 Å². The van der Waals surface area contributed by atoms with Crippen molar-refractivity contribution in [3.05, 3.63) is 23.6 Å². The number of rotatable bonds is 5. The van der Waals surface area contributed by atoms with Crippen LogP contribution in [0.1, 0.15) is 59.8 Å². The summed E-state index contributed by atoms with van der Waals surface area (Å²) in [5.74, 6) is -5.42. The van der Waals surface area contributed by atoms with Crippen molar-refractivity contribution in [2.24, 2.45) is 34.5 Å². The monoisotopic (exact) mass is 482 g/mol. The van der Waals surface area contributed by atoms with Gasteiger partial charge in [-0.3, -0.25) is 14.4 Å². The minimum absolute atomic E-state index is 0.0115. The van der Waals surface area contributed by atoms with Gasteiger partial charge in [0.1, 0.15) is 6.17 Å². The fraction of sp³-hybridized carbons (Fsp3) is 0.731. The zero-order valence-electron chi connectivity index (χ0n) is 20.1. The number of halogens is 3. The maximum Gasteiger partial charge on any atom is 0.306 e. The number of aliphatic hydroxyl groups is 1. The van der Waals surface area contributed by atoms with E-state index in [4.69, 9.17) is 4.74 Å². The first-order valence-electron chi connectivity index (χ1n) is 12.2. The van der Waals surface area contributed by atoms with Crippen LogP contribution in [0.3, 0.4) is 0 Å². The summed E-state index contributed by atoms with van der Waals surface area (Å²) in [6.07, 6.45) is 0.564. The van der Waals surface area contributed by atoms with Gasteiger partial charge in [-0.1, -0.05) is 33.8 Å². The summed E-state index contributed by atoms with van der Waals surface area (Å²) in [5, 5.41) is 11.4. The van der Waals surface area contributed by atoms with Crippen LogP contribution in [-0.4, -0.2) is 47.2 Å². The summed E-state index contributed by atoms with van der Waals surface area (Å²) in [5.41, 5.74) is -4.32. The molecule has 3 saturated carbocycles. The molecule has 34 heavy (non-hydrogen) atoms. The van der Waals surface area contributed by atoms with Crippen LogP contribution in [0.2, 0.25) is 0 Å². The van der Waals surface area contributed by atoms with E-state index in [-0.39, 0.29) is 30.8 Å². The highest BCUT2D eigenvalue weighted by molar-refractivity contribution is 6.04. The van der Waals surface area contributed by atoms with Crippen molar-refractivity contribution in [2.45, 2.75) is 77.7 Å². The van der Waals surface area contributed by atoms with Gasteiger partial charge in [0.25, 0.3) is 0 Å². The highest BCUT2D eigenvalue weighted by atomic mass is 19.1. The van der Waals surface area contributed by atoms with Crippen LogP contribution in [0.4, 0.5) is 13.2 Å². The first kappa shape index (κ1) is 25.1. The van der Waals surface area contributed by atoms with Gasteiger partial charge in [0, 0.05) is 34.7 Å². The number of carbonyl (C=O) groups is 3. The van der Waals surface area contributed by atoms with Crippen molar-refractivity contribution in [3.63, 3.8) is 0 Å². The summed E-state index contributed by atoms with van der Waals surface area (Å²) >= 11 is 0. The number of ether oxygens (including phenoxy) is 1. The van der Waals surface area contributed by atoms with Crippen LogP contribution in [-0.2, 0) is 19.1 Å². The second kappa shape index (κ2) is 8.32. The van der Waals surface area contributed by atoms with E-state index in [9.17, 15) is 28.3 Å². The molecule has 1 N–H and O–H groups in total. The Hall–Kier alpha value is -1.96. The van der Waals surface area contributed by atoms with E-state index in [2.05, 4.69) is 0 Å². The van der Waals surface area contributed by atoms with Crippen molar-refractivity contribution in [3.8, 4) is 0 Å². The molecule has 8 heteroatoms. The summed E-state index contributed by atoms with van der Waals surface area (Å²) in [7, 11) is 0. The van der Waals surface area contributed by atoms with Crippen LogP contribution in [0.5, 0.6) is 0 Å². The first-order valence-corrected chi connectivity index (χ1v) is 12.2. The Balaban J connectivity index is 1.83. The van der Waals surface area contributed by atoms with Crippen molar-refractivity contribution in [2.75, 3.05) is 6.67 Å². The number of Topliss-reactive ketones (excluding diaryl/α,β-unsaturated/α-hetero) is 1. The number of aliphatic hydroxyl groups excluding tert-OH is 1. The molecule has 0 heterocycles. The Kier molecular flexibility index (Phi) is 6.15. The highest BCUT2D eigenvalue weighted by Crippen LogP contribution is 2.69. The van der Waals surface area contributed by atoms with E-state index >= 15 is 4.39 Å². The number of hydrogen-bond acceptors (Lipinski definition) is 5. The SMILES string of the molecule is CCCC(=O)O[C@]1(C(=O)CF)[C@H](C)C[C@H]2[C@@H]3C[C@H](F)C4=C(F)C(=O)C=C[C@]4(C)[C@H]3[C@@H](O)C[C@@]21C. The molecule has 0 aromatic carbocycles. The van der Waals surface area contributed by atoms with Gasteiger partial charge in [-0.15, -0.1) is 0 Å². The lowest BCUT2D eigenvalue weighted by molar-refractivity contribution is -0.205. The van der Waals surface area contributed by atoms with Crippen molar-refractivity contribution < 1.29 is 37.4 Å². The zero-order valence-corrected chi connectivity index (χ0v) is 20.1. The van der Waals surface area contributed by atoms with Gasteiger partial charge in [-0.05, 0) is 43.6 Å². The molecule has 0 bridgehead atoms. The molecule has 188 valence electrons. The number of fused-ring (bicyclic) bond motifs is 5. The summed E-state index contributed by atoms with van der Waals surface area (Å²) in [4.78, 5) is 37.7. The molecule has 0 amide bonds. The molecule has 3 fully saturated rings. The van der Waals surface area contributed by atoms with Crippen LogP contribution >= 0.6 is 0 Å². The van der Waals surface area contributed by atoms with Gasteiger partial charge >= 0.3 is 5.97 Å². The smallest absolute Gasteiger partial charge is 0.306 e. The minimum Gasteiger partial charge on any atom is -0.450 e. The van der Waals surface area contributed by atoms with Crippen molar-refractivity contribution in [1.29, 1.82) is 0 Å². The van der Waals surface area contributed by atoms with Crippen molar-refractivity contribution >= 4 is 17.5 Å². The molecule has 0 saturated heterocycles. The lowest BCUT2D eigenvalue weighted by atomic mass is 9.45. The van der Waals surface area contributed by atoms with E-state index < -0.39 is 76.5 Å². The third-order valence-corrected chi connectivity index (χ3v) is 9.36. The molecule has 4 aliphatic carbocycles. The predicted octanol–water partition coefficient (Wildman–Crippen LogP) is 4.38. The fourth-order valence-electron chi connectivity index (χ4n) is 8.15. The summed E-state index contributed by atoms with van der Waals surface area (Å²) < 4.78 is 50.1. The number of carbonyl (C=O) groups excluding carboxylic acids is 3. The number of alkyl halides is 2. The standard InChI is InChI=1S/C26H33F3O5/c1-5-6-20(33)34-26(19(32)12-27)13(2)9-15-14-10-16(28)22-23(29)17(30)7-8-24(22,3)21(14)18(31)11-25(15,26)4/h7-8,13-16,18,21,31H,5-6,9-12H2,1-4H3/t13-,14+,15+,16+,18+,21-,24-,25+,26+/m1/s1. The van der Waals surface area contributed by atoms with Gasteiger partial charge in [0.05, 0.1) is 6.10 Å². The average Bonchev–Trinajstić information content (AvgIpc) is 2.97. The lowest BCUT2D eigenvalue weighted by Crippen LogP contribution is -2.64. The van der Waals surface area contributed by atoms with Crippen LogP contribution in [0, 0.1) is 34.5 Å². The summed E-state index contributed by atoms with van der Waals surface area (Å²) in [6.45, 7) is 5.58. The van der Waals surface area contributed by atoms with Crippen molar-refractivity contribution in [1.82, 2.24) is 0 Å². The molecule has 9 atom stereocenters. The average molecular weight is 483 g/mol. The van der Waals surface area contributed by atoms with E-state index in [0.29, 0.717) is 12.8 Å². The normalized spacial score (nSPS) is 45.5. The number of hydrogen-bond donors (Lipinski definition) is 1. The molecule has 0 unspecified atom stereocenters. The molecule has 0 aromatic rings. The molecule has 4 aliphatic rings. The quantitative estimate of drug-likeness (QED) is 0.589. The number of allylic oxidation sites excluding steroid dienone is 4. The Labute approximate surface area is 197 Å². The van der Waals surface area contributed by atoms with Gasteiger partial charge < -0.3 is 9.84 Å². The van der Waals surface area contributed by atoms with Crippen LogP contribution in [0.15, 0.2) is 23.6 Å². The van der Waals surface area contributed by atoms with Gasteiger partial charge in [-0.2, -0.15) is 0 Å². The number of esters is 1. The second-order valence-electron chi connectivity index (χ2n) is 11.0. The van der Waals surface area contributed by atoms with Crippen LogP contribution in [0.25, 0.3) is 0 Å². The molecule has 0 radical (unpaired) electrons. The fourth-order valence-corrected chi connectivity index (χ4v) is 8.15. The van der Waals surface area contributed by atoms with Crippen LogP contribution < -0.4 is 0 Å². The lowest BCUT2D eigenvalue weighted by Gasteiger charge is -2.60. The largest absolute Gasteiger partial charge is 0.450 e. The van der Waals surface area contributed by atoms with E-state index in [1.807, 2.05) is 0 Å². The molecule has 5 nitrogen and oxygen atoms in total. The Morgan fingerprint density at radius 1 is 1.26 bits per heavy atom. The molecule has 0 aliphatic heterocycles. The zero-order chi connectivity index (χ0) is 25.2. The molecule has 4 rings (SSSR count). The number of ketones is 2. The predicted molar refractivity (Wildman–Crippen MR) is 118 cm³/mol. The maximum absolute atomic E-state index is 15.5. The van der Waals surface area contributed by atoms with E-state index in [1.54, 1.807) is 27.7 Å². The topological polar surface area (TPSA) is 80.7 Å². The molecule has 0 aromatic heterocycles. The molecular formula is C26H33F3O5.